The van der Waals surface area contributed by atoms with Gasteiger partial charge in [-0.05, 0) is 43.4 Å². The Morgan fingerprint density at radius 3 is 2.49 bits per heavy atom. The maximum Gasteiger partial charge on any atom is 0.289 e. The van der Waals surface area contributed by atoms with Crippen LogP contribution >= 0.6 is 12.2 Å². The number of likely N-dealkylation sites (N-methyl/N-ethyl adjacent to an activating group) is 1. The van der Waals surface area contributed by atoms with E-state index in [1.54, 1.807) is 12.1 Å². The largest absolute Gasteiger partial charge is 0.486 e. The van der Waals surface area contributed by atoms with Gasteiger partial charge in [-0.3, -0.25) is 29.9 Å². The molecular weight excluding hydrogens is 550 g/mol. The smallest absolute Gasteiger partial charge is 0.289 e. The van der Waals surface area contributed by atoms with Crippen LogP contribution in [0.4, 0.5) is 11.4 Å². The number of amides is 2. The summed E-state index contributed by atoms with van der Waals surface area (Å²) in [7, 11) is -1.16. The third-order valence-electron chi connectivity index (χ3n) is 5.99. The number of aryl methyl sites for hydroxylation is 2. The summed E-state index contributed by atoms with van der Waals surface area (Å²) in [4.78, 5) is 38.6. The molecule has 1 saturated heterocycles. The SMILES string of the molecule is Cc1ccc(S(=O)(=O)/N=c2/o[n-][n+](C)c2CN2C(=S)N(C)C(=O)C2CC(=O)Nc2ccc([N+](=O)[O-])cc2)cc1. The average molecular weight is 574 g/mol. The van der Waals surface area contributed by atoms with Crippen LogP contribution in [0.5, 0.6) is 0 Å². The number of nitro benzene ring substituents is 1. The molecule has 39 heavy (non-hydrogen) atoms. The number of thiocarbonyl (C=S) groups is 1. The van der Waals surface area contributed by atoms with E-state index in [0.29, 0.717) is 5.69 Å². The van der Waals surface area contributed by atoms with Crippen molar-refractivity contribution >= 4 is 50.5 Å². The van der Waals surface area contributed by atoms with Crippen LogP contribution in [0.3, 0.4) is 0 Å². The molecule has 0 radical (unpaired) electrons. The van der Waals surface area contributed by atoms with Crippen molar-refractivity contribution in [1.82, 2.24) is 15.1 Å². The minimum absolute atomic E-state index is 0.0366. The number of aromatic nitrogens is 2. The van der Waals surface area contributed by atoms with Crippen molar-refractivity contribution in [2.45, 2.75) is 30.8 Å². The number of nitrogens with one attached hydrogen (secondary N) is 1. The highest BCUT2D eigenvalue weighted by Gasteiger charge is 2.43. The lowest BCUT2D eigenvalue weighted by molar-refractivity contribution is -0.752. The molecule has 0 bridgehead atoms. The van der Waals surface area contributed by atoms with Crippen molar-refractivity contribution in [3.63, 3.8) is 0 Å². The third kappa shape index (κ3) is 5.85. The van der Waals surface area contributed by atoms with Crippen LogP contribution in [-0.2, 0) is 33.2 Å². The van der Waals surface area contributed by atoms with Gasteiger partial charge in [0.05, 0.1) is 16.2 Å². The van der Waals surface area contributed by atoms with Crippen molar-refractivity contribution in [2.75, 3.05) is 12.4 Å². The quantitative estimate of drug-likeness (QED) is 0.173. The van der Waals surface area contributed by atoms with E-state index in [4.69, 9.17) is 16.7 Å². The molecule has 1 N–H and O–H groups in total. The van der Waals surface area contributed by atoms with E-state index in [1.807, 2.05) is 6.92 Å². The summed E-state index contributed by atoms with van der Waals surface area (Å²) in [6, 6.07) is 10.3. The number of carbonyl (C=O) groups excluding carboxylic acids is 2. The number of nitro groups is 1. The predicted octanol–water partition coefficient (Wildman–Crippen LogP) is 0.524. The number of rotatable bonds is 8. The van der Waals surface area contributed by atoms with Gasteiger partial charge >= 0.3 is 0 Å². The van der Waals surface area contributed by atoms with Crippen LogP contribution in [0.15, 0.2) is 62.3 Å². The Morgan fingerprint density at radius 1 is 1.23 bits per heavy atom. The van der Waals surface area contributed by atoms with Crippen LogP contribution in [0.1, 0.15) is 17.7 Å². The second-order valence-corrected chi connectivity index (χ2v) is 10.7. The number of non-ortho nitro benzene ring substituents is 1. The molecule has 2 aromatic carbocycles. The summed E-state index contributed by atoms with van der Waals surface area (Å²) in [6.45, 7) is 1.69. The Labute approximate surface area is 227 Å². The lowest BCUT2D eigenvalue weighted by atomic mass is 10.1. The number of hydrogen-bond acceptors (Lipinski definition) is 8. The first-order chi connectivity index (χ1) is 18.4. The zero-order valence-electron chi connectivity index (χ0n) is 21.0. The van der Waals surface area contributed by atoms with Gasteiger partial charge in [0.1, 0.15) is 19.6 Å². The van der Waals surface area contributed by atoms with E-state index in [0.717, 1.165) is 5.56 Å². The molecule has 1 aromatic heterocycles. The molecule has 0 saturated carbocycles. The van der Waals surface area contributed by atoms with Crippen LogP contribution in [0, 0.1) is 17.0 Å². The number of nitrogens with zero attached hydrogens (tertiary/aromatic N) is 6. The third-order valence-corrected chi connectivity index (χ3v) is 7.78. The first-order valence-corrected chi connectivity index (χ1v) is 13.2. The van der Waals surface area contributed by atoms with Crippen molar-refractivity contribution in [3.8, 4) is 0 Å². The van der Waals surface area contributed by atoms with E-state index < -0.39 is 32.8 Å². The van der Waals surface area contributed by atoms with Crippen molar-refractivity contribution in [1.29, 1.82) is 0 Å². The fourth-order valence-electron chi connectivity index (χ4n) is 3.82. The molecule has 2 amide bonds. The summed E-state index contributed by atoms with van der Waals surface area (Å²) in [6.07, 6.45) is -0.302. The molecule has 1 aliphatic heterocycles. The maximum absolute atomic E-state index is 12.9. The highest BCUT2D eigenvalue weighted by atomic mass is 32.2. The second-order valence-electron chi connectivity index (χ2n) is 8.71. The standard InChI is InChI=1S/C23H23N7O7S2/c1-14-4-10-17(11-5-14)39(35,36)25-21-19(28(3)26-37-21)13-29-18(22(32)27(2)23(29)38)12-20(31)24-15-6-8-16(9-7-15)30(33)34/h4-11,18H,12-13H2,1-3H3,(H,24,31)/b25-21+. The Hall–Kier alpha value is -4.44. The number of anilines is 1. The van der Waals surface area contributed by atoms with Crippen LogP contribution < -0.4 is 20.8 Å². The van der Waals surface area contributed by atoms with Gasteiger partial charge in [0.15, 0.2) is 5.11 Å². The van der Waals surface area contributed by atoms with Gasteiger partial charge in [-0.25, -0.2) is 4.68 Å². The molecule has 0 aliphatic carbocycles. The second kappa shape index (κ2) is 10.7. The van der Waals surface area contributed by atoms with Gasteiger partial charge < -0.3 is 14.7 Å². The first-order valence-electron chi connectivity index (χ1n) is 11.4. The lowest BCUT2D eigenvalue weighted by Gasteiger charge is -2.21. The van der Waals surface area contributed by atoms with Gasteiger partial charge in [-0.1, -0.05) is 17.7 Å². The van der Waals surface area contributed by atoms with Gasteiger partial charge in [0.2, 0.25) is 5.91 Å². The van der Waals surface area contributed by atoms with Crippen molar-refractivity contribution < 1.29 is 32.1 Å². The molecule has 2 heterocycles. The fraction of sp³-hybridized carbons (Fsp3) is 0.261. The Kier molecular flexibility index (Phi) is 7.60. The molecule has 0 spiro atoms. The minimum Gasteiger partial charge on any atom is -0.486 e. The molecule has 4 rings (SSSR count). The molecule has 1 fully saturated rings. The van der Waals surface area contributed by atoms with Gasteiger partial charge in [-0.15, -0.1) is 4.40 Å². The summed E-state index contributed by atoms with van der Waals surface area (Å²) < 4.78 is 36.0. The topological polar surface area (TPSA) is 173 Å². The molecular formula is C23H23N7O7S2. The zero-order valence-corrected chi connectivity index (χ0v) is 22.6. The normalized spacial score (nSPS) is 16.2. The first kappa shape index (κ1) is 27.6. The zero-order chi connectivity index (χ0) is 28.5. The predicted molar refractivity (Wildman–Crippen MR) is 138 cm³/mol. The van der Waals surface area contributed by atoms with Gasteiger partial charge in [-0.2, -0.15) is 8.42 Å². The van der Waals surface area contributed by atoms with E-state index in [1.165, 1.54) is 65.0 Å². The highest BCUT2D eigenvalue weighted by Crippen LogP contribution is 2.22. The van der Waals surface area contributed by atoms with E-state index >= 15 is 0 Å². The lowest BCUT2D eigenvalue weighted by Crippen LogP contribution is -2.45. The molecule has 16 heteroatoms. The fourth-order valence-corrected chi connectivity index (χ4v) is 5.04. The highest BCUT2D eigenvalue weighted by molar-refractivity contribution is 7.90. The maximum atomic E-state index is 12.9. The Morgan fingerprint density at radius 2 is 1.87 bits per heavy atom. The number of hydrogen-bond donors (Lipinski definition) is 1. The number of carbonyl (C=O) groups is 2. The van der Waals surface area contributed by atoms with Gasteiger partial charge in [0.25, 0.3) is 32.9 Å². The summed E-state index contributed by atoms with van der Waals surface area (Å²) >= 11 is 5.42. The average Bonchev–Trinajstić information content (AvgIpc) is 3.31. The Balaban J connectivity index is 1.58. The molecule has 204 valence electrons. The van der Waals surface area contributed by atoms with Crippen LogP contribution in [-0.4, -0.2) is 53.2 Å². The van der Waals surface area contributed by atoms with E-state index in [2.05, 4.69) is 15.0 Å². The molecule has 1 aliphatic rings. The van der Waals surface area contributed by atoms with Crippen molar-refractivity contribution in [2.24, 2.45) is 11.4 Å². The van der Waals surface area contributed by atoms with E-state index in [-0.39, 0.29) is 39.9 Å². The number of benzene rings is 2. The summed E-state index contributed by atoms with van der Waals surface area (Å²) in [5.41, 5.74) is 0.963. The molecule has 3 aromatic rings. The summed E-state index contributed by atoms with van der Waals surface area (Å²) in [5, 5.41) is 17.3. The summed E-state index contributed by atoms with van der Waals surface area (Å²) in [5.74, 6) is -0.976. The number of sulfonamides is 1. The molecule has 1 atom stereocenters. The van der Waals surface area contributed by atoms with Crippen molar-refractivity contribution in [3.05, 3.63) is 75.5 Å². The van der Waals surface area contributed by atoms with Crippen LogP contribution in [0.25, 0.3) is 0 Å². The van der Waals surface area contributed by atoms with Crippen LogP contribution in [0.2, 0.25) is 0 Å². The Bertz CT molecular complexity index is 1630. The van der Waals surface area contributed by atoms with E-state index in [9.17, 15) is 28.1 Å². The minimum atomic E-state index is -4.14. The molecule has 1 unspecified atom stereocenters. The van der Waals surface area contributed by atoms with Gasteiger partial charge in [0, 0.05) is 24.9 Å². The monoisotopic (exact) mass is 573 g/mol. The molecule has 14 nitrogen and oxygen atoms in total.